The second-order valence-electron chi connectivity index (χ2n) is 2.36. The lowest BCUT2D eigenvalue weighted by atomic mass is 10.2. The van der Waals surface area contributed by atoms with Gasteiger partial charge in [-0.1, -0.05) is 12.2 Å². The minimum Gasteiger partial charge on any atom is -0.373 e. The van der Waals surface area contributed by atoms with Crippen molar-refractivity contribution in [2.45, 2.75) is 25.4 Å². The fourth-order valence-electron chi connectivity index (χ4n) is 0.816. The van der Waals surface area contributed by atoms with Crippen LogP contribution in [-0.4, -0.2) is 12.7 Å². The maximum absolute atomic E-state index is 5.05. The van der Waals surface area contributed by atoms with E-state index in [2.05, 4.69) is 13.0 Å². The van der Waals surface area contributed by atoms with E-state index < -0.39 is 0 Å². The zero-order valence-corrected chi connectivity index (χ0v) is 5.68. The van der Waals surface area contributed by atoms with E-state index in [1.165, 1.54) is 12.8 Å². The lowest BCUT2D eigenvalue weighted by Gasteiger charge is -1.89. The fourth-order valence-corrected chi connectivity index (χ4v) is 0.816. The first-order chi connectivity index (χ1) is 4.43. The van der Waals surface area contributed by atoms with Gasteiger partial charge in [-0.05, 0) is 26.2 Å². The molecule has 1 rings (SSSR count). The molecule has 0 bridgehead atoms. The molecule has 0 N–H and O–H groups in total. The molecule has 9 heavy (non-hydrogen) atoms. The predicted molar refractivity (Wildman–Crippen MR) is 38.1 cm³/mol. The van der Waals surface area contributed by atoms with Gasteiger partial charge >= 0.3 is 0 Å². The smallest absolute Gasteiger partial charge is 0.0810 e. The van der Waals surface area contributed by atoms with Crippen LogP contribution >= 0.6 is 0 Å². The summed E-state index contributed by atoms with van der Waals surface area (Å²) in [5, 5.41) is 0. The molecular formula is C8H13O. The van der Waals surface area contributed by atoms with Crippen LogP contribution in [0.1, 0.15) is 19.3 Å². The van der Waals surface area contributed by atoms with Crippen molar-refractivity contribution in [3.05, 3.63) is 19.1 Å². The number of hydrogen-bond donors (Lipinski definition) is 0. The average molecular weight is 125 g/mol. The SMILES string of the molecule is [CH2]/C=C/CCCC1CO1. The molecule has 1 aliphatic heterocycles. The van der Waals surface area contributed by atoms with Crippen LogP contribution in [0, 0.1) is 6.92 Å². The summed E-state index contributed by atoms with van der Waals surface area (Å²) in [6.07, 6.45) is 8.18. The molecule has 0 saturated carbocycles. The highest BCUT2D eigenvalue weighted by Crippen LogP contribution is 2.16. The van der Waals surface area contributed by atoms with E-state index in [0.29, 0.717) is 6.10 Å². The second kappa shape index (κ2) is 3.67. The van der Waals surface area contributed by atoms with Crippen LogP contribution in [0.25, 0.3) is 0 Å². The minimum atomic E-state index is 0.600. The molecule has 0 aromatic carbocycles. The summed E-state index contributed by atoms with van der Waals surface area (Å²) in [7, 11) is 0. The molecule has 51 valence electrons. The zero-order valence-electron chi connectivity index (χ0n) is 5.68. The Morgan fingerprint density at radius 3 is 3.00 bits per heavy atom. The molecule has 1 atom stereocenters. The van der Waals surface area contributed by atoms with Gasteiger partial charge in [-0.2, -0.15) is 0 Å². The number of allylic oxidation sites excluding steroid dienone is 2. The highest BCUT2D eigenvalue weighted by Gasteiger charge is 2.20. The predicted octanol–water partition coefficient (Wildman–Crippen LogP) is 1.95. The molecule has 1 saturated heterocycles. The molecular weight excluding hydrogens is 112 g/mol. The highest BCUT2D eigenvalue weighted by atomic mass is 16.6. The molecule has 0 aliphatic carbocycles. The summed E-state index contributed by atoms with van der Waals surface area (Å²) in [6.45, 7) is 4.60. The molecule has 1 heterocycles. The molecule has 0 spiro atoms. The third kappa shape index (κ3) is 3.31. The van der Waals surface area contributed by atoms with Crippen LogP contribution in [0.2, 0.25) is 0 Å². The maximum Gasteiger partial charge on any atom is 0.0810 e. The second-order valence-corrected chi connectivity index (χ2v) is 2.36. The van der Waals surface area contributed by atoms with Gasteiger partial charge in [0.2, 0.25) is 0 Å². The summed E-state index contributed by atoms with van der Waals surface area (Å²) >= 11 is 0. The van der Waals surface area contributed by atoms with Crippen molar-refractivity contribution >= 4 is 0 Å². The van der Waals surface area contributed by atoms with E-state index in [-0.39, 0.29) is 0 Å². The lowest BCUT2D eigenvalue weighted by molar-refractivity contribution is 0.392. The Bertz CT molecular complexity index is 92.7. The maximum atomic E-state index is 5.05. The van der Waals surface area contributed by atoms with Gasteiger partial charge in [-0.15, -0.1) is 0 Å². The third-order valence-electron chi connectivity index (χ3n) is 1.47. The van der Waals surface area contributed by atoms with Crippen LogP contribution in [0.4, 0.5) is 0 Å². The van der Waals surface area contributed by atoms with E-state index in [0.717, 1.165) is 13.0 Å². The first-order valence-corrected chi connectivity index (χ1v) is 3.49. The first-order valence-electron chi connectivity index (χ1n) is 3.49. The highest BCUT2D eigenvalue weighted by molar-refractivity contribution is 4.84. The van der Waals surface area contributed by atoms with Gasteiger partial charge in [0.15, 0.2) is 0 Å². The van der Waals surface area contributed by atoms with Crippen molar-refractivity contribution in [1.29, 1.82) is 0 Å². The minimum absolute atomic E-state index is 0.600. The van der Waals surface area contributed by atoms with E-state index in [1.807, 2.05) is 6.08 Å². The number of epoxide rings is 1. The van der Waals surface area contributed by atoms with Crippen molar-refractivity contribution in [3.63, 3.8) is 0 Å². The number of unbranched alkanes of at least 4 members (excludes halogenated alkanes) is 1. The van der Waals surface area contributed by atoms with Crippen LogP contribution in [-0.2, 0) is 4.74 Å². The van der Waals surface area contributed by atoms with Gasteiger partial charge in [-0.3, -0.25) is 0 Å². The van der Waals surface area contributed by atoms with Gasteiger partial charge in [0, 0.05) is 0 Å². The van der Waals surface area contributed by atoms with Crippen molar-refractivity contribution in [1.82, 2.24) is 0 Å². The molecule has 1 nitrogen and oxygen atoms in total. The molecule has 1 radical (unpaired) electrons. The quantitative estimate of drug-likeness (QED) is 0.413. The Balaban J connectivity index is 1.81. The Morgan fingerprint density at radius 2 is 2.44 bits per heavy atom. The topological polar surface area (TPSA) is 12.5 Å². The monoisotopic (exact) mass is 125 g/mol. The van der Waals surface area contributed by atoms with Crippen molar-refractivity contribution < 1.29 is 4.74 Å². The molecule has 1 unspecified atom stereocenters. The van der Waals surface area contributed by atoms with Crippen molar-refractivity contribution in [3.8, 4) is 0 Å². The first kappa shape index (κ1) is 6.81. The van der Waals surface area contributed by atoms with Gasteiger partial charge in [0.1, 0.15) is 0 Å². The van der Waals surface area contributed by atoms with Crippen molar-refractivity contribution in [2.24, 2.45) is 0 Å². The van der Waals surface area contributed by atoms with Crippen LogP contribution in [0.15, 0.2) is 12.2 Å². The third-order valence-corrected chi connectivity index (χ3v) is 1.47. The summed E-state index contributed by atoms with van der Waals surface area (Å²) in [5.74, 6) is 0. The fraction of sp³-hybridized carbons (Fsp3) is 0.625. The van der Waals surface area contributed by atoms with Gasteiger partial charge in [0.05, 0.1) is 12.7 Å². The normalized spacial score (nSPS) is 25.2. The van der Waals surface area contributed by atoms with Gasteiger partial charge in [-0.25, -0.2) is 0 Å². The number of hydrogen-bond acceptors (Lipinski definition) is 1. The summed E-state index contributed by atoms with van der Waals surface area (Å²) in [4.78, 5) is 0. The molecule has 1 fully saturated rings. The summed E-state index contributed by atoms with van der Waals surface area (Å²) in [5.41, 5.74) is 0. The molecule has 0 aromatic heterocycles. The number of ether oxygens (including phenoxy) is 1. The van der Waals surface area contributed by atoms with Crippen LogP contribution in [0.3, 0.4) is 0 Å². The van der Waals surface area contributed by atoms with Crippen LogP contribution < -0.4 is 0 Å². The zero-order chi connectivity index (χ0) is 6.53. The van der Waals surface area contributed by atoms with Crippen molar-refractivity contribution in [2.75, 3.05) is 6.61 Å². The summed E-state index contributed by atoms with van der Waals surface area (Å²) in [6, 6.07) is 0. The standard InChI is InChI=1S/C8H13O/c1-2-3-4-5-6-8-7-9-8/h2-3,8H,1,4-7H2/b3-2+. The molecule has 1 heteroatoms. The van der Waals surface area contributed by atoms with E-state index in [1.54, 1.807) is 0 Å². The Morgan fingerprint density at radius 1 is 1.67 bits per heavy atom. The largest absolute Gasteiger partial charge is 0.373 e. The average Bonchev–Trinajstić information content (AvgIpc) is 2.63. The Hall–Kier alpha value is -0.300. The lowest BCUT2D eigenvalue weighted by Crippen LogP contribution is -1.82. The van der Waals surface area contributed by atoms with E-state index in [4.69, 9.17) is 4.74 Å². The Kier molecular flexibility index (Phi) is 2.78. The van der Waals surface area contributed by atoms with E-state index >= 15 is 0 Å². The number of rotatable bonds is 4. The molecule has 1 aliphatic rings. The molecule has 0 amide bonds. The Labute approximate surface area is 56.7 Å². The van der Waals surface area contributed by atoms with E-state index in [9.17, 15) is 0 Å². The van der Waals surface area contributed by atoms with Crippen LogP contribution in [0.5, 0.6) is 0 Å². The van der Waals surface area contributed by atoms with Gasteiger partial charge in [0.25, 0.3) is 0 Å². The molecule has 0 aromatic rings. The summed E-state index contributed by atoms with van der Waals surface area (Å²) < 4.78 is 5.05. The van der Waals surface area contributed by atoms with Gasteiger partial charge < -0.3 is 4.74 Å².